The van der Waals surface area contributed by atoms with E-state index in [1.54, 1.807) is 48.1 Å². The summed E-state index contributed by atoms with van der Waals surface area (Å²) < 4.78 is 10.5. The number of amides is 6. The van der Waals surface area contributed by atoms with Gasteiger partial charge in [-0.15, -0.1) is 0 Å². The topological polar surface area (TPSA) is 162 Å². The van der Waals surface area contributed by atoms with Crippen LogP contribution in [0.1, 0.15) is 53.0 Å². The molecule has 0 aromatic heterocycles. The first kappa shape index (κ1) is 38.2. The number of nitrogens with one attached hydrogen (secondary N) is 4. The molecule has 13 nitrogen and oxygen atoms in total. The lowest BCUT2D eigenvalue weighted by molar-refractivity contribution is -0.133. The number of hydrogen-bond donors (Lipinski definition) is 4. The summed E-state index contributed by atoms with van der Waals surface area (Å²) in [6.45, 7) is 11.1. The fraction of sp³-hybridized carbons (Fsp3) is 0.541. The maximum atomic E-state index is 13.8. The largest absolute Gasteiger partial charge is 0.497 e. The molecule has 2 aliphatic rings. The molecular weight excluding hydrogens is 640 g/mol. The maximum Gasteiger partial charge on any atom is 0.321 e. The van der Waals surface area contributed by atoms with Crippen molar-refractivity contribution in [1.82, 2.24) is 25.8 Å². The van der Waals surface area contributed by atoms with E-state index in [0.717, 1.165) is 5.56 Å². The van der Waals surface area contributed by atoms with Crippen molar-refractivity contribution in [1.29, 1.82) is 0 Å². The number of carbonyl (C=O) groups is 5. The number of benzene rings is 2. The van der Waals surface area contributed by atoms with Crippen molar-refractivity contribution in [3.05, 3.63) is 60.2 Å². The third kappa shape index (κ3) is 10.9. The molecule has 0 aliphatic carbocycles. The average Bonchev–Trinajstić information content (AvgIpc) is 3.85. The second-order valence-corrected chi connectivity index (χ2v) is 14.1. The third-order valence-electron chi connectivity index (χ3n) is 8.87. The van der Waals surface area contributed by atoms with E-state index < -0.39 is 41.6 Å². The number of epoxide rings is 1. The molecule has 13 heteroatoms. The molecule has 4 atom stereocenters. The molecule has 2 aromatic carbocycles. The van der Waals surface area contributed by atoms with Gasteiger partial charge in [0.15, 0.2) is 5.78 Å². The Morgan fingerprint density at radius 2 is 1.26 bits per heavy atom. The highest BCUT2D eigenvalue weighted by atomic mass is 16.6. The van der Waals surface area contributed by atoms with Crippen molar-refractivity contribution in [2.75, 3.05) is 45.2 Å². The van der Waals surface area contributed by atoms with Crippen molar-refractivity contribution in [3.8, 4) is 5.75 Å². The number of hydrogen-bond acceptors (Lipinski definition) is 7. The van der Waals surface area contributed by atoms with Gasteiger partial charge in [-0.1, -0.05) is 58.0 Å². The Hall–Kier alpha value is -4.65. The molecule has 272 valence electrons. The second kappa shape index (κ2) is 17.3. The zero-order valence-electron chi connectivity index (χ0n) is 30.0. The molecule has 2 aliphatic heterocycles. The fourth-order valence-electron chi connectivity index (χ4n) is 5.86. The average molecular weight is 693 g/mol. The van der Waals surface area contributed by atoms with Crippen LogP contribution in [-0.4, -0.2) is 103 Å². The lowest BCUT2D eigenvalue weighted by Crippen LogP contribution is -2.60. The van der Waals surface area contributed by atoms with Crippen LogP contribution < -0.4 is 26.0 Å². The lowest BCUT2D eigenvalue weighted by atomic mass is 9.93. The van der Waals surface area contributed by atoms with Gasteiger partial charge in [0.05, 0.1) is 19.8 Å². The van der Waals surface area contributed by atoms with Crippen LogP contribution in [0.15, 0.2) is 54.6 Å². The summed E-state index contributed by atoms with van der Waals surface area (Å²) in [5.41, 5.74) is 0.547. The normalized spacial score (nSPS) is 18.9. The molecule has 4 unspecified atom stereocenters. The Labute approximate surface area is 294 Å². The van der Waals surface area contributed by atoms with Crippen molar-refractivity contribution in [2.24, 2.45) is 11.8 Å². The monoisotopic (exact) mass is 692 g/mol. The van der Waals surface area contributed by atoms with Gasteiger partial charge in [0.1, 0.15) is 23.4 Å². The molecule has 2 fully saturated rings. The Bertz CT molecular complexity index is 1470. The van der Waals surface area contributed by atoms with E-state index in [9.17, 15) is 24.0 Å². The van der Waals surface area contributed by atoms with E-state index >= 15 is 0 Å². The summed E-state index contributed by atoms with van der Waals surface area (Å²) in [7, 11) is 1.57. The lowest BCUT2D eigenvalue weighted by Gasteiger charge is -2.35. The van der Waals surface area contributed by atoms with Crippen LogP contribution in [0.25, 0.3) is 0 Å². The molecule has 0 bridgehead atoms. The van der Waals surface area contributed by atoms with Crippen molar-refractivity contribution >= 4 is 35.3 Å². The predicted octanol–water partition coefficient (Wildman–Crippen LogP) is 3.59. The summed E-state index contributed by atoms with van der Waals surface area (Å²) in [5, 5.41) is 11.5. The van der Waals surface area contributed by atoms with Gasteiger partial charge in [0.2, 0.25) is 11.8 Å². The number of rotatable bonds is 15. The van der Waals surface area contributed by atoms with E-state index in [0.29, 0.717) is 44.0 Å². The molecule has 2 saturated heterocycles. The zero-order valence-corrected chi connectivity index (χ0v) is 30.0. The summed E-state index contributed by atoms with van der Waals surface area (Å²) in [5.74, 6) is -0.299. The standard InChI is InChI=1S/C37H52N6O7/c1-24(2)20-29(32(44)37(5)23-50-37)39-34(46)31(22-26-10-8-7-9-11-26)40-33(45)30(21-25(3)4)41-36(48)43-18-16-42(17-19-43)35(47)38-27-12-14-28(49-6)15-13-27/h7-15,24-25,29-31H,16-23H2,1-6H3,(H,38,47)(H,39,46)(H,40,45)(H,41,48). The number of anilines is 1. The van der Waals surface area contributed by atoms with Crippen LogP contribution in [0.4, 0.5) is 15.3 Å². The van der Waals surface area contributed by atoms with Gasteiger partial charge in [-0.3, -0.25) is 14.4 Å². The minimum atomic E-state index is -1.00. The highest BCUT2D eigenvalue weighted by Gasteiger charge is 2.50. The minimum absolute atomic E-state index is 0.0540. The van der Waals surface area contributed by atoms with Crippen LogP contribution in [0, 0.1) is 11.8 Å². The van der Waals surface area contributed by atoms with E-state index in [1.165, 1.54) is 0 Å². The molecular formula is C37H52N6O7. The Morgan fingerprint density at radius 1 is 0.740 bits per heavy atom. The number of nitrogens with zero attached hydrogens (tertiary/aromatic N) is 2. The van der Waals surface area contributed by atoms with Crippen molar-refractivity contribution < 1.29 is 33.4 Å². The SMILES string of the molecule is COc1ccc(NC(=O)N2CCN(C(=O)NC(CC(C)C)C(=O)NC(Cc3ccccc3)C(=O)NC(CC(C)C)C(=O)C3(C)CO3)CC2)cc1. The number of carbonyl (C=O) groups excluding carboxylic acids is 5. The first-order valence-electron chi connectivity index (χ1n) is 17.4. The summed E-state index contributed by atoms with van der Waals surface area (Å²) in [6, 6.07) is 12.9. The van der Waals surface area contributed by atoms with Crippen molar-refractivity contribution in [3.63, 3.8) is 0 Å². The number of ether oxygens (including phenoxy) is 2. The Morgan fingerprint density at radius 3 is 1.80 bits per heavy atom. The van der Waals surface area contributed by atoms with Gasteiger partial charge >= 0.3 is 12.1 Å². The molecule has 4 rings (SSSR count). The molecule has 0 spiro atoms. The maximum absolute atomic E-state index is 13.8. The third-order valence-corrected chi connectivity index (χ3v) is 8.87. The number of Topliss-reactive ketones (excluding diaryl/α,β-unsaturated/α-hetero) is 1. The van der Waals surface area contributed by atoms with Gasteiger partial charge in [0.25, 0.3) is 0 Å². The minimum Gasteiger partial charge on any atom is -0.497 e. The first-order chi connectivity index (χ1) is 23.8. The fourth-order valence-corrected chi connectivity index (χ4v) is 5.86. The second-order valence-electron chi connectivity index (χ2n) is 14.1. The molecule has 0 radical (unpaired) electrons. The van der Waals surface area contributed by atoms with Crippen molar-refractivity contribution in [2.45, 2.75) is 77.6 Å². The quantitative estimate of drug-likeness (QED) is 0.208. The molecule has 2 aromatic rings. The van der Waals surface area contributed by atoms with Gasteiger partial charge in [-0.25, -0.2) is 9.59 Å². The number of methoxy groups -OCH3 is 1. The smallest absolute Gasteiger partial charge is 0.321 e. The van der Waals surface area contributed by atoms with E-state index in [2.05, 4.69) is 21.3 Å². The molecule has 6 amide bonds. The summed E-state index contributed by atoms with van der Waals surface area (Å²) in [6.07, 6.45) is 0.960. The first-order valence-corrected chi connectivity index (χ1v) is 17.4. The van der Waals surface area contributed by atoms with E-state index in [4.69, 9.17) is 9.47 Å². The summed E-state index contributed by atoms with van der Waals surface area (Å²) in [4.78, 5) is 70.4. The molecule has 2 heterocycles. The van der Waals surface area contributed by atoms with E-state index in [-0.39, 0.29) is 43.2 Å². The Kier molecular flexibility index (Phi) is 13.2. The van der Waals surface area contributed by atoms with Crippen LogP contribution in [0.5, 0.6) is 5.75 Å². The van der Waals surface area contributed by atoms with Crippen LogP contribution in [-0.2, 0) is 25.5 Å². The predicted molar refractivity (Wildman–Crippen MR) is 190 cm³/mol. The van der Waals surface area contributed by atoms with Gasteiger partial charge in [0, 0.05) is 38.3 Å². The number of ketones is 1. The van der Waals surface area contributed by atoms with Gasteiger partial charge < -0.3 is 40.5 Å². The molecule has 0 saturated carbocycles. The van der Waals surface area contributed by atoms with Crippen LogP contribution in [0.2, 0.25) is 0 Å². The molecule has 50 heavy (non-hydrogen) atoms. The Balaban J connectivity index is 1.40. The van der Waals surface area contributed by atoms with Crippen LogP contribution >= 0.6 is 0 Å². The van der Waals surface area contributed by atoms with Gasteiger partial charge in [-0.2, -0.15) is 0 Å². The zero-order chi connectivity index (χ0) is 36.4. The highest BCUT2D eigenvalue weighted by molar-refractivity contribution is 5.98. The number of urea groups is 2. The highest BCUT2D eigenvalue weighted by Crippen LogP contribution is 2.29. The van der Waals surface area contributed by atoms with Crippen LogP contribution in [0.3, 0.4) is 0 Å². The van der Waals surface area contributed by atoms with Gasteiger partial charge in [-0.05, 0) is 61.4 Å². The molecule has 4 N–H and O–H groups in total. The summed E-state index contributed by atoms with van der Waals surface area (Å²) >= 11 is 0. The number of piperazine rings is 1. The van der Waals surface area contributed by atoms with E-state index in [1.807, 2.05) is 58.0 Å².